The number of hydrogen-bond acceptors (Lipinski definition) is 7. The van der Waals surface area contributed by atoms with Crippen LogP contribution in [-0.4, -0.2) is 42.7 Å². The summed E-state index contributed by atoms with van der Waals surface area (Å²) in [5.74, 6) is 0.870. The summed E-state index contributed by atoms with van der Waals surface area (Å²) in [4.78, 5) is 8.95. The van der Waals surface area contributed by atoms with Crippen LogP contribution >= 0.6 is 15.9 Å². The van der Waals surface area contributed by atoms with E-state index in [2.05, 4.69) is 48.2 Å². The number of aliphatic hydroxyl groups is 1. The lowest BCUT2D eigenvalue weighted by Gasteiger charge is -2.16. The number of rotatable bonds is 15. The number of hydrogen-bond donors (Lipinski definition) is 4. The first-order valence-electron chi connectivity index (χ1n) is 11.6. The van der Waals surface area contributed by atoms with Crippen molar-refractivity contribution in [2.24, 2.45) is 0 Å². The Morgan fingerprint density at radius 1 is 1.12 bits per heavy atom. The van der Waals surface area contributed by atoms with Gasteiger partial charge in [-0.25, -0.2) is 18.1 Å². The Morgan fingerprint density at radius 2 is 1.85 bits per heavy atom. The first-order chi connectivity index (χ1) is 15.8. The van der Waals surface area contributed by atoms with Crippen molar-refractivity contribution in [2.45, 2.75) is 76.7 Å². The van der Waals surface area contributed by atoms with E-state index in [0.29, 0.717) is 34.0 Å². The number of aryl methyl sites for hydroxylation is 1. The molecular formula is C23H36BrN5O3S. The van der Waals surface area contributed by atoms with E-state index < -0.39 is 10.0 Å². The lowest BCUT2D eigenvalue weighted by molar-refractivity contribution is 0.271. The number of sulfonamides is 1. The number of unbranched alkanes of at least 4 members (excludes halogenated alkanes) is 5. The van der Waals surface area contributed by atoms with Gasteiger partial charge in [-0.3, -0.25) is 0 Å². The van der Waals surface area contributed by atoms with Gasteiger partial charge >= 0.3 is 0 Å². The molecule has 1 heterocycles. The van der Waals surface area contributed by atoms with Crippen LogP contribution < -0.4 is 15.4 Å². The van der Waals surface area contributed by atoms with Gasteiger partial charge < -0.3 is 15.7 Å². The lowest BCUT2D eigenvalue weighted by atomic mass is 10.1. The smallest absolute Gasteiger partial charge is 0.240 e. The molecule has 184 valence electrons. The van der Waals surface area contributed by atoms with Crippen molar-refractivity contribution in [3.8, 4) is 0 Å². The van der Waals surface area contributed by atoms with Gasteiger partial charge in [-0.1, -0.05) is 52.0 Å². The molecule has 10 heteroatoms. The van der Waals surface area contributed by atoms with Gasteiger partial charge in [-0.15, -0.1) is 0 Å². The Labute approximate surface area is 206 Å². The predicted molar refractivity (Wildman–Crippen MR) is 138 cm³/mol. The maximum Gasteiger partial charge on any atom is 0.240 e. The first kappa shape index (κ1) is 27.5. The molecule has 0 fully saturated rings. The number of anilines is 3. The molecule has 4 N–H and O–H groups in total. The van der Waals surface area contributed by atoms with Crippen molar-refractivity contribution in [3.05, 3.63) is 34.4 Å². The molecule has 0 aliphatic rings. The lowest BCUT2D eigenvalue weighted by Crippen LogP contribution is -2.25. The van der Waals surface area contributed by atoms with Gasteiger partial charge in [0.2, 0.25) is 16.0 Å². The highest BCUT2D eigenvalue weighted by Crippen LogP contribution is 2.25. The minimum Gasteiger partial charge on any atom is -0.394 e. The van der Waals surface area contributed by atoms with E-state index in [9.17, 15) is 13.5 Å². The molecule has 33 heavy (non-hydrogen) atoms. The Kier molecular flexibility index (Phi) is 11.5. The predicted octanol–water partition coefficient (Wildman–Crippen LogP) is 5.11. The maximum absolute atomic E-state index is 12.9. The molecule has 0 saturated heterocycles. The van der Waals surface area contributed by atoms with Crippen LogP contribution in [0.1, 0.15) is 64.4 Å². The van der Waals surface area contributed by atoms with Gasteiger partial charge in [0.05, 0.1) is 22.0 Å². The summed E-state index contributed by atoms with van der Waals surface area (Å²) in [6.45, 7) is 6.34. The third kappa shape index (κ3) is 8.84. The van der Waals surface area contributed by atoms with Crippen LogP contribution in [0.3, 0.4) is 0 Å². The molecule has 0 aliphatic heterocycles. The molecule has 1 aromatic heterocycles. The average Bonchev–Trinajstić information content (AvgIpc) is 2.79. The SMILES string of the molecule is CCCCCCCCNS(=O)(=O)c1cc(Nc2ncc(Br)c(N[C@H](CC)CO)n2)ccc1C. The van der Waals surface area contributed by atoms with E-state index in [-0.39, 0.29) is 17.5 Å². The summed E-state index contributed by atoms with van der Waals surface area (Å²) in [7, 11) is -3.62. The molecule has 0 spiro atoms. The van der Waals surface area contributed by atoms with Crippen LogP contribution in [0.4, 0.5) is 17.5 Å². The molecular weight excluding hydrogens is 506 g/mol. The van der Waals surface area contributed by atoms with E-state index in [4.69, 9.17) is 0 Å². The summed E-state index contributed by atoms with van der Waals surface area (Å²) in [6, 6.07) is 5.03. The van der Waals surface area contributed by atoms with Crippen LogP contribution in [0.25, 0.3) is 0 Å². The molecule has 2 rings (SSSR count). The summed E-state index contributed by atoms with van der Waals surface area (Å²) in [5.41, 5.74) is 1.24. The molecule has 0 radical (unpaired) electrons. The summed E-state index contributed by atoms with van der Waals surface area (Å²) >= 11 is 3.41. The molecule has 1 aromatic carbocycles. The Morgan fingerprint density at radius 3 is 2.55 bits per heavy atom. The highest BCUT2D eigenvalue weighted by molar-refractivity contribution is 9.10. The van der Waals surface area contributed by atoms with E-state index in [1.165, 1.54) is 19.3 Å². The summed E-state index contributed by atoms with van der Waals surface area (Å²) in [5, 5.41) is 15.7. The van der Waals surface area contributed by atoms with Crippen LogP contribution in [0, 0.1) is 6.92 Å². The minimum atomic E-state index is -3.62. The molecule has 0 unspecified atom stereocenters. The zero-order chi connectivity index (χ0) is 24.3. The quantitative estimate of drug-likeness (QED) is 0.231. The van der Waals surface area contributed by atoms with Gasteiger partial charge in [0.25, 0.3) is 0 Å². The van der Waals surface area contributed by atoms with Crippen molar-refractivity contribution in [3.63, 3.8) is 0 Å². The van der Waals surface area contributed by atoms with Crippen molar-refractivity contribution < 1.29 is 13.5 Å². The first-order valence-corrected chi connectivity index (χ1v) is 13.9. The van der Waals surface area contributed by atoms with E-state index in [1.54, 1.807) is 31.3 Å². The molecule has 2 aromatic rings. The Hall–Kier alpha value is -1.75. The number of halogens is 1. The van der Waals surface area contributed by atoms with Crippen LogP contribution in [0.15, 0.2) is 33.8 Å². The third-order valence-corrected chi connectivity index (χ3v) is 7.54. The topological polar surface area (TPSA) is 116 Å². The van der Waals surface area contributed by atoms with Gasteiger partial charge in [-0.05, 0) is 53.4 Å². The second-order valence-electron chi connectivity index (χ2n) is 8.09. The number of benzene rings is 1. The Balaban J connectivity index is 2.07. The number of aromatic nitrogens is 2. The zero-order valence-corrected chi connectivity index (χ0v) is 22.1. The second-order valence-corrected chi connectivity index (χ2v) is 10.7. The zero-order valence-electron chi connectivity index (χ0n) is 19.7. The fourth-order valence-corrected chi connectivity index (χ4v) is 4.93. The van der Waals surface area contributed by atoms with Crippen LogP contribution in [-0.2, 0) is 10.0 Å². The number of nitrogens with one attached hydrogen (secondary N) is 3. The summed E-state index contributed by atoms with van der Waals surface area (Å²) in [6.07, 6.45) is 8.95. The minimum absolute atomic E-state index is 0.0133. The average molecular weight is 543 g/mol. The summed E-state index contributed by atoms with van der Waals surface area (Å²) < 4.78 is 29.1. The van der Waals surface area contributed by atoms with E-state index in [1.807, 2.05) is 6.92 Å². The Bertz CT molecular complexity index is 984. The molecule has 8 nitrogen and oxygen atoms in total. The van der Waals surface area contributed by atoms with Crippen LogP contribution in [0.2, 0.25) is 0 Å². The van der Waals surface area contributed by atoms with Crippen LogP contribution in [0.5, 0.6) is 0 Å². The van der Waals surface area contributed by atoms with Gasteiger partial charge in [0.15, 0.2) is 0 Å². The highest BCUT2D eigenvalue weighted by Gasteiger charge is 2.17. The second kappa shape index (κ2) is 13.8. The maximum atomic E-state index is 12.9. The van der Waals surface area contributed by atoms with E-state index >= 15 is 0 Å². The third-order valence-electron chi connectivity index (χ3n) is 5.35. The monoisotopic (exact) mass is 541 g/mol. The largest absolute Gasteiger partial charge is 0.394 e. The molecule has 0 saturated carbocycles. The van der Waals surface area contributed by atoms with Gasteiger partial charge in [0.1, 0.15) is 5.82 Å². The van der Waals surface area contributed by atoms with E-state index in [0.717, 1.165) is 25.7 Å². The standard InChI is InChI=1S/C23H36BrN5O3S/c1-4-6-7-8-9-10-13-26-33(31,32)21-14-19(12-11-17(21)3)28-23-25-15-20(24)22(29-23)27-18(5-2)16-30/h11-12,14-15,18,26,30H,4-10,13,16H2,1-3H3,(H2,25,27,28,29)/t18-/m1/s1. The fourth-order valence-electron chi connectivity index (χ4n) is 3.28. The molecule has 0 bridgehead atoms. The van der Waals surface area contributed by atoms with Crippen molar-refractivity contribution in [2.75, 3.05) is 23.8 Å². The van der Waals surface area contributed by atoms with Crippen molar-refractivity contribution >= 4 is 43.4 Å². The van der Waals surface area contributed by atoms with Gasteiger partial charge in [-0.2, -0.15) is 4.98 Å². The van der Waals surface area contributed by atoms with Gasteiger partial charge in [0, 0.05) is 18.4 Å². The van der Waals surface area contributed by atoms with Crippen molar-refractivity contribution in [1.29, 1.82) is 0 Å². The van der Waals surface area contributed by atoms with Crippen molar-refractivity contribution in [1.82, 2.24) is 14.7 Å². The fraction of sp³-hybridized carbons (Fsp3) is 0.565. The molecule has 1 atom stereocenters. The highest BCUT2D eigenvalue weighted by atomic mass is 79.9. The number of nitrogens with zero attached hydrogens (tertiary/aromatic N) is 2. The molecule has 0 amide bonds. The normalized spacial score (nSPS) is 12.5. The number of aliphatic hydroxyl groups excluding tert-OH is 1. The molecule has 0 aliphatic carbocycles.